The third-order valence-corrected chi connectivity index (χ3v) is 5.71. The number of ether oxygens (including phenoxy) is 2. The minimum atomic E-state index is -1.13. The molecule has 0 saturated carbocycles. The van der Waals surface area contributed by atoms with Crippen LogP contribution in [0.4, 0.5) is 9.59 Å². The van der Waals surface area contributed by atoms with Crippen molar-refractivity contribution in [3.63, 3.8) is 0 Å². The van der Waals surface area contributed by atoms with Crippen LogP contribution in [0.3, 0.4) is 0 Å². The van der Waals surface area contributed by atoms with Crippen molar-refractivity contribution >= 4 is 24.9 Å². The molecule has 0 N–H and O–H groups in total. The van der Waals surface area contributed by atoms with Crippen molar-refractivity contribution in [1.82, 2.24) is 0 Å². The molecule has 0 fully saturated rings. The van der Waals surface area contributed by atoms with E-state index < -0.39 is 23.1 Å². The van der Waals surface area contributed by atoms with Crippen LogP contribution in [0.2, 0.25) is 0 Å². The van der Waals surface area contributed by atoms with E-state index in [1.165, 1.54) is 0 Å². The van der Waals surface area contributed by atoms with Crippen LogP contribution in [-0.4, -0.2) is 38.1 Å². The Balaban J connectivity index is 3.98. The van der Waals surface area contributed by atoms with Gasteiger partial charge in [-0.3, -0.25) is 0 Å². The molecule has 0 radical (unpaired) electrons. The molecule has 30 heavy (non-hydrogen) atoms. The average molecular weight is 431 g/mol. The Morgan fingerprint density at radius 1 is 0.733 bits per heavy atom. The Labute approximate surface area is 179 Å². The van der Waals surface area contributed by atoms with Gasteiger partial charge < -0.3 is 19.1 Å². The molecule has 0 aromatic carbocycles. The molecular formula is C22H38O8. The fourth-order valence-corrected chi connectivity index (χ4v) is 3.48. The Bertz CT molecular complexity index is 493. The average Bonchev–Trinajstić information content (AvgIpc) is 2.71. The van der Waals surface area contributed by atoms with Crippen LogP contribution < -0.4 is 0 Å². The first-order valence-corrected chi connectivity index (χ1v) is 10.6. The van der Waals surface area contributed by atoms with Crippen LogP contribution in [0, 0.1) is 22.7 Å². The molecule has 8 nitrogen and oxygen atoms in total. The van der Waals surface area contributed by atoms with Gasteiger partial charge in [0.05, 0.1) is 13.2 Å². The van der Waals surface area contributed by atoms with Gasteiger partial charge in [-0.25, -0.2) is 0 Å². The fraction of sp³-hybridized carbons (Fsp3) is 0.818. The lowest BCUT2D eigenvalue weighted by Crippen LogP contribution is -2.25. The van der Waals surface area contributed by atoms with Crippen molar-refractivity contribution < 1.29 is 38.4 Å². The van der Waals surface area contributed by atoms with Crippen LogP contribution >= 0.6 is 0 Å². The maximum atomic E-state index is 11.4. The van der Waals surface area contributed by atoms with E-state index in [1.54, 1.807) is 0 Å². The lowest BCUT2D eigenvalue weighted by atomic mass is 9.76. The second-order valence-electron chi connectivity index (χ2n) is 8.74. The van der Waals surface area contributed by atoms with Gasteiger partial charge in [-0.2, -0.15) is 19.4 Å². The number of aldehydes is 2. The quantitative estimate of drug-likeness (QED) is 0.121. The Morgan fingerprint density at radius 2 is 1.07 bits per heavy atom. The highest BCUT2D eigenvalue weighted by Gasteiger charge is 2.28. The molecule has 0 aliphatic carbocycles. The molecular weight excluding hydrogens is 392 g/mol. The van der Waals surface area contributed by atoms with Crippen LogP contribution in [0.1, 0.15) is 80.1 Å². The van der Waals surface area contributed by atoms with Crippen LogP contribution in [0.15, 0.2) is 0 Å². The van der Waals surface area contributed by atoms with Crippen molar-refractivity contribution in [1.29, 1.82) is 0 Å². The molecule has 2 atom stereocenters. The highest BCUT2D eigenvalue weighted by Crippen LogP contribution is 2.31. The maximum Gasteiger partial charge on any atom is 0.549 e. The predicted molar refractivity (Wildman–Crippen MR) is 111 cm³/mol. The molecule has 0 aliphatic heterocycles. The molecule has 174 valence electrons. The van der Waals surface area contributed by atoms with E-state index in [9.17, 15) is 19.2 Å². The summed E-state index contributed by atoms with van der Waals surface area (Å²) in [5.41, 5.74) is -0.857. The van der Waals surface area contributed by atoms with Crippen molar-refractivity contribution in [3.8, 4) is 0 Å². The fourth-order valence-electron chi connectivity index (χ4n) is 3.48. The first-order chi connectivity index (χ1) is 14.0. The van der Waals surface area contributed by atoms with Crippen LogP contribution in [-0.2, 0) is 28.8 Å². The van der Waals surface area contributed by atoms with E-state index in [0.717, 1.165) is 38.3 Å². The van der Waals surface area contributed by atoms with Gasteiger partial charge in [0.15, 0.2) is 0 Å². The second kappa shape index (κ2) is 14.0. The van der Waals surface area contributed by atoms with Gasteiger partial charge in [0.1, 0.15) is 12.6 Å². The van der Waals surface area contributed by atoms with Gasteiger partial charge in [-0.1, -0.05) is 54.4 Å². The van der Waals surface area contributed by atoms with Gasteiger partial charge in [0.2, 0.25) is 0 Å². The van der Waals surface area contributed by atoms with Crippen LogP contribution in [0.5, 0.6) is 0 Å². The van der Waals surface area contributed by atoms with Gasteiger partial charge in [0, 0.05) is 10.8 Å². The Kier molecular flexibility index (Phi) is 13.0. The Morgan fingerprint density at radius 3 is 1.33 bits per heavy atom. The van der Waals surface area contributed by atoms with Crippen molar-refractivity contribution in [3.05, 3.63) is 0 Å². The van der Waals surface area contributed by atoms with Crippen molar-refractivity contribution in [2.75, 3.05) is 13.2 Å². The van der Waals surface area contributed by atoms with E-state index in [4.69, 9.17) is 9.47 Å². The zero-order valence-electron chi connectivity index (χ0n) is 19.2. The van der Waals surface area contributed by atoms with Crippen molar-refractivity contribution in [2.45, 2.75) is 80.1 Å². The molecule has 2 unspecified atom stereocenters. The molecule has 0 aromatic rings. The topological polar surface area (TPSA) is 105 Å². The summed E-state index contributed by atoms with van der Waals surface area (Å²) in [5.74, 6) is 0.371. The smallest absolute Gasteiger partial charge is 0.432 e. The molecule has 0 aromatic heterocycles. The van der Waals surface area contributed by atoms with E-state index in [0.29, 0.717) is 12.8 Å². The summed E-state index contributed by atoms with van der Waals surface area (Å²) in [5, 5.41) is 0. The summed E-state index contributed by atoms with van der Waals surface area (Å²) in [4.78, 5) is 53.7. The number of hydrogen-bond acceptors (Lipinski definition) is 8. The third-order valence-electron chi connectivity index (χ3n) is 5.71. The zero-order chi connectivity index (χ0) is 23.2. The summed E-state index contributed by atoms with van der Waals surface area (Å²) in [6.45, 7) is 11.7. The largest absolute Gasteiger partial charge is 0.549 e. The van der Waals surface area contributed by atoms with Crippen molar-refractivity contribution in [2.24, 2.45) is 22.7 Å². The highest BCUT2D eigenvalue weighted by molar-refractivity contribution is 5.63. The van der Waals surface area contributed by atoms with E-state index in [2.05, 4.69) is 9.78 Å². The highest BCUT2D eigenvalue weighted by atomic mass is 17.3. The predicted octanol–water partition coefficient (Wildman–Crippen LogP) is 5.27. The number of carbonyl (C=O) groups is 4. The zero-order valence-corrected chi connectivity index (χ0v) is 19.2. The third kappa shape index (κ3) is 10.6. The second-order valence-corrected chi connectivity index (χ2v) is 8.74. The summed E-state index contributed by atoms with van der Waals surface area (Å²) in [6, 6.07) is 0. The summed E-state index contributed by atoms with van der Waals surface area (Å²) >= 11 is 0. The minimum Gasteiger partial charge on any atom is -0.432 e. The Hall–Kier alpha value is -2.12. The first-order valence-electron chi connectivity index (χ1n) is 10.6. The summed E-state index contributed by atoms with van der Waals surface area (Å²) in [6.07, 6.45) is 3.88. The lowest BCUT2D eigenvalue weighted by Gasteiger charge is -2.28. The summed E-state index contributed by atoms with van der Waals surface area (Å²) in [7, 11) is 0. The summed E-state index contributed by atoms with van der Waals surface area (Å²) < 4.78 is 9.68. The number of hydrogen-bond donors (Lipinski definition) is 0. The standard InChI is InChI=1S/C22H38O8/c1-7-17(21(3,4)15-23)11-9-13-27-19(25)29-30-20(26)28-14-10-12-18(8-2)22(5,6)16-24/h15-18H,7-14H2,1-6H3. The van der Waals surface area contributed by atoms with E-state index in [1.807, 2.05) is 41.5 Å². The maximum absolute atomic E-state index is 11.4. The first kappa shape index (κ1) is 27.9. The molecule has 0 heterocycles. The molecule has 0 rings (SSSR count). The molecule has 0 aliphatic rings. The molecule has 0 amide bonds. The van der Waals surface area contributed by atoms with Crippen LogP contribution in [0.25, 0.3) is 0 Å². The minimum absolute atomic E-state index is 0.0909. The molecule has 8 heteroatoms. The molecule has 0 spiro atoms. The normalized spacial score (nSPS) is 13.7. The SMILES string of the molecule is CCC(CCCOC(=O)OOC(=O)OCCCC(CC)C(C)(C)C=O)C(C)(C)C=O. The monoisotopic (exact) mass is 430 g/mol. The lowest BCUT2D eigenvalue weighted by molar-refractivity contribution is -0.218. The molecule has 0 saturated heterocycles. The van der Waals surface area contributed by atoms with Gasteiger partial charge in [-0.15, -0.1) is 0 Å². The van der Waals surface area contributed by atoms with Gasteiger partial charge in [0.25, 0.3) is 0 Å². The van der Waals surface area contributed by atoms with Gasteiger partial charge in [-0.05, 0) is 37.5 Å². The van der Waals surface area contributed by atoms with Gasteiger partial charge >= 0.3 is 12.3 Å². The molecule has 0 bridgehead atoms. The number of rotatable bonds is 14. The number of carbonyl (C=O) groups excluding carboxylic acids is 4. The van der Waals surface area contributed by atoms with E-state index >= 15 is 0 Å². The van der Waals surface area contributed by atoms with E-state index in [-0.39, 0.29) is 25.0 Å².